The Labute approximate surface area is 63.0 Å². The first kappa shape index (κ1) is 10.3. The van der Waals surface area contributed by atoms with E-state index in [9.17, 15) is 13.6 Å². The summed E-state index contributed by atoms with van der Waals surface area (Å²) >= 11 is 0. The number of aliphatic carboxylic acids is 1. The van der Waals surface area contributed by atoms with Crippen LogP contribution in [-0.4, -0.2) is 24.3 Å². The number of carbonyl (C=O) groups is 1. The minimum atomic E-state index is -2.75. The molecule has 11 heavy (non-hydrogen) atoms. The zero-order valence-electron chi connectivity index (χ0n) is 5.93. The summed E-state index contributed by atoms with van der Waals surface area (Å²) in [6, 6.07) is 0. The molecular weight excluding hydrogens is 158 g/mol. The average Bonchev–Trinajstić information content (AvgIpc) is 1.85. The van der Waals surface area contributed by atoms with Crippen molar-refractivity contribution in [3.63, 3.8) is 0 Å². The van der Waals surface area contributed by atoms with Crippen LogP contribution in [0, 0.1) is 0 Å². The molecule has 0 radical (unpaired) electrons. The van der Waals surface area contributed by atoms with Crippen molar-refractivity contribution in [2.24, 2.45) is 0 Å². The van der Waals surface area contributed by atoms with Crippen LogP contribution in [0.4, 0.5) is 8.78 Å². The molecule has 0 saturated carbocycles. The van der Waals surface area contributed by atoms with E-state index in [2.05, 4.69) is 4.74 Å². The van der Waals surface area contributed by atoms with Gasteiger partial charge in [0, 0.05) is 6.42 Å². The minimum Gasteiger partial charge on any atom is -0.481 e. The lowest BCUT2D eigenvalue weighted by Gasteiger charge is -1.99. The van der Waals surface area contributed by atoms with Crippen LogP contribution in [0.3, 0.4) is 0 Å². The summed E-state index contributed by atoms with van der Waals surface area (Å²) in [7, 11) is 0. The maximum atomic E-state index is 11.3. The summed E-state index contributed by atoms with van der Waals surface area (Å²) in [5.41, 5.74) is 0. The lowest BCUT2D eigenvalue weighted by molar-refractivity contribution is -0.138. The molecule has 3 nitrogen and oxygen atoms in total. The number of unbranched alkanes of at least 4 members (excludes halogenated alkanes) is 1. The lowest BCUT2D eigenvalue weighted by atomic mass is 10.2. The van der Waals surface area contributed by atoms with E-state index in [0.717, 1.165) is 0 Å². The van der Waals surface area contributed by atoms with Crippen molar-refractivity contribution in [3.05, 3.63) is 0 Å². The van der Waals surface area contributed by atoms with E-state index >= 15 is 0 Å². The number of carboxylic acids is 1. The predicted octanol–water partition coefficient (Wildman–Crippen LogP) is 1.48. The first-order valence-electron chi connectivity index (χ1n) is 3.24. The van der Waals surface area contributed by atoms with Crippen molar-refractivity contribution in [2.45, 2.75) is 25.9 Å². The lowest BCUT2D eigenvalue weighted by Crippen LogP contribution is -2.02. The monoisotopic (exact) mass is 168 g/mol. The van der Waals surface area contributed by atoms with Gasteiger partial charge in [-0.2, -0.15) is 8.78 Å². The van der Waals surface area contributed by atoms with Gasteiger partial charge < -0.3 is 9.84 Å². The average molecular weight is 168 g/mol. The molecule has 0 fully saturated rings. The quantitative estimate of drug-likeness (QED) is 0.611. The second-order valence-electron chi connectivity index (χ2n) is 1.98. The number of rotatable bonds is 6. The normalized spacial score (nSPS) is 10.5. The SMILES string of the molecule is O=C(O)CCCCOC(F)F. The van der Waals surface area contributed by atoms with Gasteiger partial charge in [0.2, 0.25) is 0 Å². The Bertz CT molecular complexity index is 116. The molecule has 0 aliphatic rings. The number of hydrogen-bond acceptors (Lipinski definition) is 2. The van der Waals surface area contributed by atoms with Gasteiger partial charge in [0.05, 0.1) is 6.61 Å². The van der Waals surface area contributed by atoms with E-state index in [4.69, 9.17) is 5.11 Å². The Hall–Kier alpha value is -0.710. The number of ether oxygens (including phenoxy) is 1. The van der Waals surface area contributed by atoms with Crippen molar-refractivity contribution < 1.29 is 23.4 Å². The molecule has 0 amide bonds. The Balaban J connectivity index is 2.97. The fourth-order valence-corrected chi connectivity index (χ4v) is 0.551. The van der Waals surface area contributed by atoms with Gasteiger partial charge >= 0.3 is 12.6 Å². The van der Waals surface area contributed by atoms with Crippen LogP contribution in [0.1, 0.15) is 19.3 Å². The second-order valence-corrected chi connectivity index (χ2v) is 1.98. The highest BCUT2D eigenvalue weighted by Crippen LogP contribution is 1.99. The Kier molecular flexibility index (Phi) is 5.64. The number of carboxylic acid groups (broad SMARTS) is 1. The summed E-state index contributed by atoms with van der Waals surface area (Å²) in [5.74, 6) is -0.915. The largest absolute Gasteiger partial charge is 0.481 e. The van der Waals surface area contributed by atoms with E-state index < -0.39 is 12.6 Å². The molecule has 0 spiro atoms. The third-order valence-electron chi connectivity index (χ3n) is 1.03. The van der Waals surface area contributed by atoms with Crippen LogP contribution < -0.4 is 0 Å². The summed E-state index contributed by atoms with van der Waals surface area (Å²) in [6.45, 7) is -2.83. The molecule has 0 heterocycles. The molecule has 0 unspecified atom stereocenters. The zero-order valence-corrected chi connectivity index (χ0v) is 5.93. The van der Waals surface area contributed by atoms with Gasteiger partial charge in [0.25, 0.3) is 0 Å². The molecule has 0 saturated heterocycles. The molecule has 0 aromatic heterocycles. The molecule has 0 rings (SSSR count). The molecule has 5 heteroatoms. The molecule has 0 aromatic carbocycles. The first-order chi connectivity index (χ1) is 5.13. The molecular formula is C6H10F2O3. The van der Waals surface area contributed by atoms with Gasteiger partial charge in [-0.05, 0) is 12.8 Å². The van der Waals surface area contributed by atoms with E-state index in [1.165, 1.54) is 0 Å². The molecule has 1 N–H and O–H groups in total. The van der Waals surface area contributed by atoms with E-state index in [0.29, 0.717) is 12.8 Å². The van der Waals surface area contributed by atoms with Crippen molar-refractivity contribution >= 4 is 5.97 Å². The maximum Gasteiger partial charge on any atom is 0.345 e. The van der Waals surface area contributed by atoms with Crippen molar-refractivity contribution in [1.82, 2.24) is 0 Å². The minimum absolute atomic E-state index is 0.00655. The van der Waals surface area contributed by atoms with Crippen LogP contribution in [0.25, 0.3) is 0 Å². The van der Waals surface area contributed by atoms with Crippen LogP contribution >= 0.6 is 0 Å². The first-order valence-corrected chi connectivity index (χ1v) is 3.24. The van der Waals surface area contributed by atoms with Crippen LogP contribution in [-0.2, 0) is 9.53 Å². The summed E-state index contributed by atoms with van der Waals surface area (Å²) in [5, 5.41) is 8.13. The Morgan fingerprint density at radius 1 is 1.45 bits per heavy atom. The van der Waals surface area contributed by atoms with Crippen LogP contribution in [0.2, 0.25) is 0 Å². The molecule has 0 atom stereocenters. The third-order valence-corrected chi connectivity index (χ3v) is 1.03. The smallest absolute Gasteiger partial charge is 0.345 e. The number of alkyl halides is 2. The van der Waals surface area contributed by atoms with E-state index in [1.807, 2.05) is 0 Å². The van der Waals surface area contributed by atoms with Gasteiger partial charge in [-0.15, -0.1) is 0 Å². The standard InChI is InChI=1S/C6H10F2O3/c7-6(8)11-4-2-1-3-5(9)10/h6H,1-4H2,(H,9,10). The molecule has 0 bridgehead atoms. The fourth-order valence-electron chi connectivity index (χ4n) is 0.551. The van der Waals surface area contributed by atoms with Gasteiger partial charge in [-0.25, -0.2) is 0 Å². The van der Waals surface area contributed by atoms with E-state index in [1.54, 1.807) is 0 Å². The van der Waals surface area contributed by atoms with Crippen molar-refractivity contribution in [1.29, 1.82) is 0 Å². The molecule has 0 aliphatic carbocycles. The van der Waals surface area contributed by atoms with Gasteiger partial charge in [-0.1, -0.05) is 0 Å². The highest BCUT2D eigenvalue weighted by atomic mass is 19.3. The van der Waals surface area contributed by atoms with Crippen molar-refractivity contribution in [3.8, 4) is 0 Å². The molecule has 0 aromatic rings. The maximum absolute atomic E-state index is 11.3. The second kappa shape index (κ2) is 6.03. The molecule has 0 aliphatic heterocycles. The number of hydrogen-bond donors (Lipinski definition) is 1. The molecule has 66 valence electrons. The highest BCUT2D eigenvalue weighted by Gasteiger charge is 2.01. The summed E-state index contributed by atoms with van der Waals surface area (Å²) < 4.78 is 26.5. The fraction of sp³-hybridized carbons (Fsp3) is 0.833. The van der Waals surface area contributed by atoms with Gasteiger partial charge in [0.1, 0.15) is 0 Å². The topological polar surface area (TPSA) is 46.5 Å². The van der Waals surface area contributed by atoms with Gasteiger partial charge in [-0.3, -0.25) is 4.79 Å². The third kappa shape index (κ3) is 9.29. The van der Waals surface area contributed by atoms with E-state index in [-0.39, 0.29) is 13.0 Å². The zero-order chi connectivity index (χ0) is 8.69. The van der Waals surface area contributed by atoms with Gasteiger partial charge in [0.15, 0.2) is 0 Å². The highest BCUT2D eigenvalue weighted by molar-refractivity contribution is 5.66. The number of halogens is 2. The van der Waals surface area contributed by atoms with Crippen molar-refractivity contribution in [2.75, 3.05) is 6.61 Å². The van der Waals surface area contributed by atoms with Crippen LogP contribution in [0.15, 0.2) is 0 Å². The Morgan fingerprint density at radius 2 is 2.09 bits per heavy atom. The predicted molar refractivity (Wildman–Crippen MR) is 33.4 cm³/mol. The summed E-state index contributed by atoms with van der Waals surface area (Å²) in [6.07, 6.45) is 0.741. The Morgan fingerprint density at radius 3 is 2.55 bits per heavy atom. The van der Waals surface area contributed by atoms with Crippen LogP contribution in [0.5, 0.6) is 0 Å². The summed E-state index contributed by atoms with van der Waals surface area (Å²) in [4.78, 5) is 9.91.